The van der Waals surface area contributed by atoms with Crippen molar-refractivity contribution in [3.8, 4) is 0 Å². The summed E-state index contributed by atoms with van der Waals surface area (Å²) in [6, 6.07) is 4.05. The highest BCUT2D eigenvalue weighted by molar-refractivity contribution is 7.89. The van der Waals surface area contributed by atoms with E-state index >= 15 is 0 Å². The average Bonchev–Trinajstić information content (AvgIpc) is 3.11. The van der Waals surface area contributed by atoms with Crippen LogP contribution in [0.15, 0.2) is 23.1 Å². The van der Waals surface area contributed by atoms with Crippen molar-refractivity contribution in [2.24, 2.45) is 0 Å². The van der Waals surface area contributed by atoms with Gasteiger partial charge in [-0.05, 0) is 31.0 Å². The molecule has 10 heteroatoms. The molecule has 1 aromatic carbocycles. The van der Waals surface area contributed by atoms with Crippen LogP contribution >= 0.6 is 22.9 Å². The molecule has 3 rings (SSSR count). The van der Waals surface area contributed by atoms with Gasteiger partial charge in [0.05, 0.1) is 15.5 Å². The summed E-state index contributed by atoms with van der Waals surface area (Å²) in [5.74, 6) is -0.110. The molecule has 1 fully saturated rings. The Balaban J connectivity index is 1.79. The lowest BCUT2D eigenvalue weighted by atomic mass is 9.90. The van der Waals surface area contributed by atoms with Crippen molar-refractivity contribution in [2.75, 3.05) is 19.4 Å². The van der Waals surface area contributed by atoms with Gasteiger partial charge in [0.15, 0.2) is 0 Å². The van der Waals surface area contributed by atoms with Gasteiger partial charge in [0, 0.05) is 20.0 Å². The van der Waals surface area contributed by atoms with Crippen LogP contribution in [0, 0.1) is 0 Å². The maximum atomic E-state index is 12.6. The minimum absolute atomic E-state index is 0.00204. The maximum Gasteiger partial charge on any atom is 0.259 e. The molecule has 0 radical (unpaired) electrons. The number of rotatable bonds is 5. The molecule has 1 aliphatic carbocycles. The molecule has 0 spiro atoms. The van der Waals surface area contributed by atoms with Crippen LogP contribution < -0.4 is 5.32 Å². The molecule has 1 heterocycles. The molecule has 146 valence electrons. The van der Waals surface area contributed by atoms with Gasteiger partial charge in [-0.3, -0.25) is 10.1 Å². The molecule has 1 amide bonds. The summed E-state index contributed by atoms with van der Waals surface area (Å²) >= 11 is 7.47. The Morgan fingerprint density at radius 1 is 1.22 bits per heavy atom. The highest BCUT2D eigenvalue weighted by atomic mass is 35.5. The fourth-order valence-electron chi connectivity index (χ4n) is 3.01. The number of carbonyl (C=O) groups is 1. The lowest BCUT2D eigenvalue weighted by Gasteiger charge is -2.18. The van der Waals surface area contributed by atoms with E-state index in [0.717, 1.165) is 22.2 Å². The number of hydrogen-bond acceptors (Lipinski definition) is 6. The Hall–Kier alpha value is -1.55. The first-order chi connectivity index (χ1) is 12.8. The fraction of sp³-hybridized carbons (Fsp3) is 0.471. The van der Waals surface area contributed by atoms with E-state index in [-0.39, 0.29) is 15.5 Å². The smallest absolute Gasteiger partial charge is 0.259 e. The predicted octanol–water partition coefficient (Wildman–Crippen LogP) is 3.74. The SMILES string of the molecule is CN(C)S(=O)(=O)c1ccc(Cl)c(C(=O)Nc2nnc(C3CCCCC3)s2)c1. The highest BCUT2D eigenvalue weighted by Gasteiger charge is 2.23. The van der Waals surface area contributed by atoms with E-state index in [4.69, 9.17) is 11.6 Å². The first-order valence-electron chi connectivity index (χ1n) is 8.66. The average molecular weight is 429 g/mol. The first-order valence-corrected chi connectivity index (χ1v) is 11.3. The second-order valence-corrected chi connectivity index (χ2v) is 10.2. The summed E-state index contributed by atoms with van der Waals surface area (Å²) in [4.78, 5) is 12.6. The van der Waals surface area contributed by atoms with Gasteiger partial charge in [-0.25, -0.2) is 12.7 Å². The second kappa shape index (κ2) is 8.22. The quantitative estimate of drug-likeness (QED) is 0.782. The van der Waals surface area contributed by atoms with E-state index in [9.17, 15) is 13.2 Å². The van der Waals surface area contributed by atoms with Crippen LogP contribution in [0.2, 0.25) is 5.02 Å². The van der Waals surface area contributed by atoms with E-state index in [2.05, 4.69) is 15.5 Å². The third-order valence-electron chi connectivity index (χ3n) is 4.58. The molecule has 7 nitrogen and oxygen atoms in total. The molecular formula is C17H21ClN4O3S2. The van der Waals surface area contributed by atoms with Gasteiger partial charge < -0.3 is 0 Å². The minimum atomic E-state index is -3.66. The molecule has 0 unspecified atom stereocenters. The molecule has 0 saturated heterocycles. The van der Waals surface area contributed by atoms with Crippen LogP contribution in [0.3, 0.4) is 0 Å². The lowest BCUT2D eigenvalue weighted by Crippen LogP contribution is -2.23. The number of amides is 1. The summed E-state index contributed by atoms with van der Waals surface area (Å²) in [6.07, 6.45) is 5.82. The molecule has 0 bridgehead atoms. The Morgan fingerprint density at radius 3 is 2.59 bits per heavy atom. The van der Waals surface area contributed by atoms with E-state index in [1.165, 1.54) is 62.9 Å². The summed E-state index contributed by atoms with van der Waals surface area (Å²) in [5.41, 5.74) is 0.0778. The van der Waals surface area contributed by atoms with E-state index in [0.29, 0.717) is 11.0 Å². The minimum Gasteiger partial charge on any atom is -0.296 e. The number of nitrogens with one attached hydrogen (secondary N) is 1. The van der Waals surface area contributed by atoms with Crippen LogP contribution in [-0.2, 0) is 10.0 Å². The maximum absolute atomic E-state index is 12.6. The van der Waals surface area contributed by atoms with E-state index in [1.807, 2.05) is 0 Å². The van der Waals surface area contributed by atoms with Crippen molar-refractivity contribution in [1.29, 1.82) is 0 Å². The van der Waals surface area contributed by atoms with Gasteiger partial charge in [0.25, 0.3) is 5.91 Å². The van der Waals surface area contributed by atoms with Gasteiger partial charge in [-0.1, -0.05) is 42.2 Å². The van der Waals surface area contributed by atoms with Gasteiger partial charge in [0.1, 0.15) is 5.01 Å². The molecule has 0 aliphatic heterocycles. The first kappa shape index (κ1) is 20.2. The summed E-state index contributed by atoms with van der Waals surface area (Å²) in [5, 5.41) is 12.4. The molecule has 27 heavy (non-hydrogen) atoms. The number of sulfonamides is 1. The lowest BCUT2D eigenvalue weighted by molar-refractivity contribution is 0.102. The molecule has 1 saturated carbocycles. The Bertz CT molecular complexity index is 937. The standard InChI is InChI=1S/C17H21ClN4O3S2/c1-22(2)27(24,25)12-8-9-14(18)13(10-12)15(23)19-17-21-20-16(26-17)11-6-4-3-5-7-11/h8-11H,3-7H2,1-2H3,(H,19,21,23). The van der Waals surface area contributed by atoms with Crippen LogP contribution in [0.25, 0.3) is 0 Å². The van der Waals surface area contributed by atoms with Crippen LogP contribution in [0.1, 0.15) is 53.4 Å². The zero-order valence-corrected chi connectivity index (χ0v) is 17.5. The third-order valence-corrected chi connectivity index (χ3v) is 7.72. The van der Waals surface area contributed by atoms with E-state index < -0.39 is 15.9 Å². The van der Waals surface area contributed by atoms with Gasteiger partial charge in [-0.15, -0.1) is 10.2 Å². The van der Waals surface area contributed by atoms with Crippen molar-refractivity contribution in [3.05, 3.63) is 33.8 Å². The Labute approximate surface area is 167 Å². The summed E-state index contributed by atoms with van der Waals surface area (Å²) in [7, 11) is -0.807. The topological polar surface area (TPSA) is 92.3 Å². The number of benzene rings is 1. The Morgan fingerprint density at radius 2 is 1.93 bits per heavy atom. The van der Waals surface area contributed by atoms with Crippen molar-refractivity contribution in [2.45, 2.75) is 42.9 Å². The molecular weight excluding hydrogens is 408 g/mol. The Kier molecular flexibility index (Phi) is 6.15. The number of aromatic nitrogens is 2. The monoisotopic (exact) mass is 428 g/mol. The molecule has 1 aliphatic rings. The van der Waals surface area contributed by atoms with Crippen LogP contribution in [0.4, 0.5) is 5.13 Å². The normalized spacial score (nSPS) is 15.9. The van der Waals surface area contributed by atoms with Crippen molar-refractivity contribution < 1.29 is 13.2 Å². The fourth-order valence-corrected chi connectivity index (χ4v) is 5.05. The van der Waals surface area contributed by atoms with Crippen LogP contribution in [-0.4, -0.2) is 42.9 Å². The van der Waals surface area contributed by atoms with Crippen LogP contribution in [0.5, 0.6) is 0 Å². The molecule has 2 aromatic rings. The zero-order valence-electron chi connectivity index (χ0n) is 15.1. The number of carbonyl (C=O) groups excluding carboxylic acids is 1. The largest absolute Gasteiger partial charge is 0.296 e. The third kappa shape index (κ3) is 4.48. The molecule has 1 N–H and O–H groups in total. The van der Waals surface area contributed by atoms with Gasteiger partial charge >= 0.3 is 0 Å². The van der Waals surface area contributed by atoms with Gasteiger partial charge in [-0.2, -0.15) is 0 Å². The zero-order chi connectivity index (χ0) is 19.6. The molecule has 0 atom stereocenters. The van der Waals surface area contributed by atoms with E-state index in [1.54, 1.807) is 0 Å². The second-order valence-electron chi connectivity index (χ2n) is 6.66. The number of anilines is 1. The van der Waals surface area contributed by atoms with Crippen molar-refractivity contribution in [1.82, 2.24) is 14.5 Å². The van der Waals surface area contributed by atoms with Crippen molar-refractivity contribution in [3.63, 3.8) is 0 Å². The number of halogens is 1. The molecule has 1 aromatic heterocycles. The highest BCUT2D eigenvalue weighted by Crippen LogP contribution is 2.35. The summed E-state index contributed by atoms with van der Waals surface area (Å²) < 4.78 is 25.7. The summed E-state index contributed by atoms with van der Waals surface area (Å²) in [6.45, 7) is 0. The number of hydrogen-bond donors (Lipinski definition) is 1. The van der Waals surface area contributed by atoms with Gasteiger partial charge in [0.2, 0.25) is 15.2 Å². The van der Waals surface area contributed by atoms with Crippen molar-refractivity contribution >= 4 is 44.0 Å². The predicted molar refractivity (Wildman–Crippen MR) is 106 cm³/mol. The number of nitrogens with zero attached hydrogens (tertiary/aromatic N) is 3.